The third kappa shape index (κ3) is 4.53. The molecule has 1 saturated heterocycles. The SMILES string of the molecule is C#C/C(Cl)=C(C)\C(=C/C)Oc1ccc(-n2c(=O)n([C@@H]3CCN(C(=O)C=C)C3)c3ccncc32)cc1. The monoisotopic (exact) mass is 488 g/mol. The minimum atomic E-state index is -0.187. The number of benzene rings is 1. The number of halogens is 1. The highest BCUT2D eigenvalue weighted by Gasteiger charge is 2.30. The lowest BCUT2D eigenvalue weighted by molar-refractivity contribution is -0.125. The van der Waals surface area contributed by atoms with Crippen LogP contribution in [0.4, 0.5) is 0 Å². The van der Waals surface area contributed by atoms with Crippen LogP contribution in [-0.2, 0) is 4.79 Å². The first-order valence-electron chi connectivity index (χ1n) is 11.2. The third-order valence-electron chi connectivity index (χ3n) is 6.10. The van der Waals surface area contributed by atoms with Crippen LogP contribution in [0, 0.1) is 12.3 Å². The Kier molecular flexibility index (Phi) is 6.94. The number of carbonyl (C=O) groups excluding carboxylic acids is 1. The second-order valence-corrected chi connectivity index (χ2v) is 8.49. The van der Waals surface area contributed by atoms with Crippen molar-refractivity contribution in [3.05, 3.63) is 88.3 Å². The average molecular weight is 489 g/mol. The Balaban J connectivity index is 1.69. The summed E-state index contributed by atoms with van der Waals surface area (Å²) in [6.45, 7) is 8.23. The quantitative estimate of drug-likeness (QED) is 0.220. The van der Waals surface area contributed by atoms with Crippen LogP contribution in [-0.4, -0.2) is 38.0 Å². The Bertz CT molecular complexity index is 1450. The van der Waals surface area contributed by atoms with E-state index in [0.29, 0.717) is 47.8 Å². The molecule has 0 radical (unpaired) electrons. The van der Waals surface area contributed by atoms with Gasteiger partial charge < -0.3 is 9.64 Å². The van der Waals surface area contributed by atoms with Crippen LogP contribution < -0.4 is 10.4 Å². The van der Waals surface area contributed by atoms with E-state index >= 15 is 0 Å². The Morgan fingerprint density at radius 1 is 1.29 bits per heavy atom. The molecule has 0 saturated carbocycles. The van der Waals surface area contributed by atoms with E-state index in [4.69, 9.17) is 22.8 Å². The number of nitrogens with zero attached hydrogens (tertiary/aromatic N) is 4. The van der Waals surface area contributed by atoms with Crippen molar-refractivity contribution in [2.45, 2.75) is 26.3 Å². The van der Waals surface area contributed by atoms with Gasteiger partial charge in [-0.05, 0) is 62.8 Å². The van der Waals surface area contributed by atoms with E-state index in [1.807, 2.05) is 25.1 Å². The lowest BCUT2D eigenvalue weighted by Crippen LogP contribution is -2.31. The molecule has 178 valence electrons. The molecule has 0 spiro atoms. The summed E-state index contributed by atoms with van der Waals surface area (Å²) < 4.78 is 9.34. The molecule has 1 aliphatic rings. The first-order chi connectivity index (χ1) is 16.9. The van der Waals surface area contributed by atoms with Gasteiger partial charge in [0.05, 0.1) is 34.0 Å². The van der Waals surface area contributed by atoms with Gasteiger partial charge in [-0.15, -0.1) is 6.42 Å². The average Bonchev–Trinajstić information content (AvgIpc) is 3.48. The maximum atomic E-state index is 13.6. The van der Waals surface area contributed by atoms with Gasteiger partial charge in [0.15, 0.2) is 0 Å². The van der Waals surface area contributed by atoms with Crippen LogP contribution in [0.15, 0.2) is 82.6 Å². The molecule has 0 bridgehead atoms. The van der Waals surface area contributed by atoms with Crippen molar-refractivity contribution in [3.8, 4) is 23.8 Å². The number of allylic oxidation sites excluding steroid dienone is 3. The van der Waals surface area contributed by atoms with E-state index in [2.05, 4.69) is 17.5 Å². The Hall–Kier alpha value is -4.02. The molecule has 1 amide bonds. The minimum Gasteiger partial charge on any atom is -0.457 e. The molecule has 3 aromatic rings. The van der Waals surface area contributed by atoms with Crippen LogP contribution in [0.3, 0.4) is 0 Å². The maximum Gasteiger partial charge on any atom is 0.334 e. The molecular weight excluding hydrogens is 464 g/mol. The minimum absolute atomic E-state index is 0.129. The van der Waals surface area contributed by atoms with Crippen molar-refractivity contribution in [2.75, 3.05) is 13.1 Å². The van der Waals surface area contributed by atoms with Crippen LogP contribution in [0.25, 0.3) is 16.7 Å². The number of ether oxygens (including phenoxy) is 1. The maximum absolute atomic E-state index is 13.6. The van der Waals surface area contributed by atoms with E-state index in [9.17, 15) is 9.59 Å². The van der Waals surface area contributed by atoms with Gasteiger partial charge in [0, 0.05) is 24.9 Å². The lowest BCUT2D eigenvalue weighted by atomic mass is 10.2. The van der Waals surface area contributed by atoms with Crippen molar-refractivity contribution in [1.82, 2.24) is 19.0 Å². The predicted octanol–water partition coefficient (Wildman–Crippen LogP) is 4.58. The van der Waals surface area contributed by atoms with Gasteiger partial charge in [-0.2, -0.15) is 0 Å². The largest absolute Gasteiger partial charge is 0.457 e. The topological polar surface area (TPSA) is 69.4 Å². The highest BCUT2D eigenvalue weighted by Crippen LogP contribution is 2.28. The van der Waals surface area contributed by atoms with Gasteiger partial charge >= 0.3 is 5.69 Å². The number of rotatable bonds is 6. The molecule has 1 atom stereocenters. The molecule has 1 aliphatic heterocycles. The summed E-state index contributed by atoms with van der Waals surface area (Å²) in [5, 5.41) is 0.279. The van der Waals surface area contributed by atoms with E-state index in [-0.39, 0.29) is 22.7 Å². The van der Waals surface area contributed by atoms with Crippen LogP contribution in [0.2, 0.25) is 0 Å². The van der Waals surface area contributed by atoms with E-state index in [1.54, 1.807) is 51.6 Å². The fourth-order valence-electron chi connectivity index (χ4n) is 4.31. The molecule has 8 heteroatoms. The summed E-state index contributed by atoms with van der Waals surface area (Å²) in [6, 6.07) is 8.87. The molecule has 0 N–H and O–H groups in total. The number of terminal acetylenes is 1. The van der Waals surface area contributed by atoms with Gasteiger partial charge in [0.25, 0.3) is 0 Å². The Labute approximate surface area is 208 Å². The normalized spacial score (nSPS) is 16.7. The number of pyridine rings is 1. The second-order valence-electron chi connectivity index (χ2n) is 8.12. The van der Waals surface area contributed by atoms with Gasteiger partial charge in [0.2, 0.25) is 5.91 Å². The zero-order valence-electron chi connectivity index (χ0n) is 19.6. The van der Waals surface area contributed by atoms with E-state index < -0.39 is 0 Å². The predicted molar refractivity (Wildman–Crippen MR) is 138 cm³/mol. The molecule has 0 aliphatic carbocycles. The van der Waals surface area contributed by atoms with E-state index in [1.165, 1.54) is 6.08 Å². The second kappa shape index (κ2) is 10.1. The molecule has 2 aromatic heterocycles. The van der Waals surface area contributed by atoms with Crippen LogP contribution >= 0.6 is 11.6 Å². The van der Waals surface area contributed by atoms with Crippen molar-refractivity contribution in [2.24, 2.45) is 0 Å². The third-order valence-corrected chi connectivity index (χ3v) is 6.49. The number of imidazole rings is 1. The van der Waals surface area contributed by atoms with Gasteiger partial charge in [0.1, 0.15) is 11.5 Å². The molecule has 4 rings (SSSR count). The fourth-order valence-corrected chi connectivity index (χ4v) is 4.40. The molecule has 0 unspecified atom stereocenters. The van der Waals surface area contributed by atoms with Crippen molar-refractivity contribution < 1.29 is 9.53 Å². The van der Waals surface area contributed by atoms with Crippen LogP contribution in [0.5, 0.6) is 5.75 Å². The van der Waals surface area contributed by atoms with Crippen molar-refractivity contribution in [1.29, 1.82) is 0 Å². The van der Waals surface area contributed by atoms with Gasteiger partial charge in [-0.3, -0.25) is 18.9 Å². The smallest absolute Gasteiger partial charge is 0.334 e. The molecule has 35 heavy (non-hydrogen) atoms. The Morgan fingerprint density at radius 3 is 2.69 bits per heavy atom. The number of aromatic nitrogens is 3. The number of fused-ring (bicyclic) bond motifs is 1. The highest BCUT2D eigenvalue weighted by atomic mass is 35.5. The lowest BCUT2D eigenvalue weighted by Gasteiger charge is -2.15. The standard InChI is InChI=1S/C27H25ClN4O3/c1-5-22(28)18(4)25(6-2)35-21-10-8-19(9-11-21)31-24-16-29-14-12-23(24)32(27(31)34)20-13-15-30(17-20)26(33)7-3/h1,6-12,14,16,20H,3,13,15,17H2,2,4H3/b22-18+,25-6+/t20-/m1/s1. The number of hydrogen-bond acceptors (Lipinski definition) is 4. The summed E-state index contributed by atoms with van der Waals surface area (Å²) in [7, 11) is 0. The summed E-state index contributed by atoms with van der Waals surface area (Å²) >= 11 is 6.07. The summed E-state index contributed by atoms with van der Waals surface area (Å²) in [4.78, 5) is 31.6. The van der Waals surface area contributed by atoms with Crippen LogP contribution in [0.1, 0.15) is 26.3 Å². The first kappa shape index (κ1) is 24.1. The highest BCUT2D eigenvalue weighted by molar-refractivity contribution is 6.32. The number of amides is 1. The zero-order valence-corrected chi connectivity index (χ0v) is 20.3. The number of hydrogen-bond donors (Lipinski definition) is 0. The molecular formula is C27H25ClN4O3. The number of carbonyl (C=O) groups is 1. The number of likely N-dealkylation sites (tertiary alicyclic amines) is 1. The van der Waals surface area contributed by atoms with Gasteiger partial charge in [-0.25, -0.2) is 4.79 Å². The molecule has 7 nitrogen and oxygen atoms in total. The van der Waals surface area contributed by atoms with Gasteiger partial charge in [-0.1, -0.05) is 24.1 Å². The van der Waals surface area contributed by atoms with Crippen molar-refractivity contribution >= 4 is 28.5 Å². The zero-order chi connectivity index (χ0) is 25.1. The fraction of sp³-hybridized carbons (Fsp3) is 0.222. The Morgan fingerprint density at radius 2 is 2.03 bits per heavy atom. The summed E-state index contributed by atoms with van der Waals surface area (Å²) in [5.74, 6) is 3.41. The molecule has 1 aromatic carbocycles. The molecule has 1 fully saturated rings. The summed E-state index contributed by atoms with van der Waals surface area (Å²) in [5.41, 5.74) is 2.60. The first-order valence-corrected chi connectivity index (χ1v) is 11.5. The van der Waals surface area contributed by atoms with E-state index in [0.717, 1.165) is 5.52 Å². The molecule has 3 heterocycles. The summed E-state index contributed by atoms with van der Waals surface area (Å²) in [6.07, 6.45) is 12.5. The van der Waals surface area contributed by atoms with Crippen molar-refractivity contribution in [3.63, 3.8) is 0 Å².